The summed E-state index contributed by atoms with van der Waals surface area (Å²) in [6.07, 6.45) is 11.1. The van der Waals surface area contributed by atoms with E-state index in [1.54, 1.807) is 0 Å². The molecule has 0 radical (unpaired) electrons. The lowest BCUT2D eigenvalue weighted by Crippen LogP contribution is -2.34. The van der Waals surface area contributed by atoms with E-state index in [1.165, 1.54) is 56.3 Å². The minimum absolute atomic E-state index is 0.0508. The zero-order valence-corrected chi connectivity index (χ0v) is 10.6. The fourth-order valence-corrected chi connectivity index (χ4v) is 2.98. The standard InChI is InChI=1S/C14H23NO2/c16-13-9-10-14(17)15(13)11-12-7-5-3-1-2-4-6-8-12/h12H,1-11H2. The third-order valence-electron chi connectivity index (χ3n) is 4.07. The summed E-state index contributed by atoms with van der Waals surface area (Å²) in [4.78, 5) is 24.7. The second kappa shape index (κ2) is 6.18. The van der Waals surface area contributed by atoms with Crippen LogP contribution in [0.4, 0.5) is 0 Å². The summed E-state index contributed by atoms with van der Waals surface area (Å²) < 4.78 is 0. The summed E-state index contributed by atoms with van der Waals surface area (Å²) in [7, 11) is 0. The van der Waals surface area contributed by atoms with E-state index >= 15 is 0 Å². The van der Waals surface area contributed by atoms with E-state index in [0.717, 1.165) is 0 Å². The van der Waals surface area contributed by atoms with Crippen molar-refractivity contribution in [3.63, 3.8) is 0 Å². The highest BCUT2D eigenvalue weighted by Crippen LogP contribution is 2.24. The minimum Gasteiger partial charge on any atom is -0.282 e. The van der Waals surface area contributed by atoms with E-state index in [2.05, 4.69) is 0 Å². The first-order valence-corrected chi connectivity index (χ1v) is 7.10. The van der Waals surface area contributed by atoms with Gasteiger partial charge in [0.1, 0.15) is 0 Å². The van der Waals surface area contributed by atoms with Gasteiger partial charge in [0.25, 0.3) is 0 Å². The molecule has 17 heavy (non-hydrogen) atoms. The molecule has 2 amide bonds. The Bertz CT molecular complexity index is 262. The van der Waals surface area contributed by atoms with Crippen LogP contribution in [0.25, 0.3) is 0 Å². The molecule has 0 aromatic heterocycles. The number of likely N-dealkylation sites (tertiary alicyclic amines) is 1. The molecule has 2 rings (SSSR count). The van der Waals surface area contributed by atoms with Crippen LogP contribution in [0.3, 0.4) is 0 Å². The fourth-order valence-electron chi connectivity index (χ4n) is 2.98. The largest absolute Gasteiger partial charge is 0.282 e. The minimum atomic E-state index is 0.0508. The Kier molecular flexibility index (Phi) is 4.57. The third kappa shape index (κ3) is 3.55. The summed E-state index contributed by atoms with van der Waals surface area (Å²) in [5, 5.41) is 0. The van der Waals surface area contributed by atoms with Crippen molar-refractivity contribution in [1.29, 1.82) is 0 Å². The molecule has 1 saturated carbocycles. The lowest BCUT2D eigenvalue weighted by molar-refractivity contribution is -0.139. The van der Waals surface area contributed by atoms with Gasteiger partial charge < -0.3 is 0 Å². The van der Waals surface area contributed by atoms with Crippen molar-refractivity contribution in [3.8, 4) is 0 Å². The van der Waals surface area contributed by atoms with Crippen molar-refractivity contribution in [2.75, 3.05) is 6.54 Å². The SMILES string of the molecule is O=C1CCC(=O)N1CC1CCCCCCCC1. The Morgan fingerprint density at radius 1 is 0.824 bits per heavy atom. The molecule has 0 spiro atoms. The average molecular weight is 237 g/mol. The molecule has 1 aliphatic carbocycles. The topological polar surface area (TPSA) is 37.4 Å². The van der Waals surface area contributed by atoms with Crippen molar-refractivity contribution in [1.82, 2.24) is 4.90 Å². The van der Waals surface area contributed by atoms with E-state index in [0.29, 0.717) is 25.3 Å². The van der Waals surface area contributed by atoms with Gasteiger partial charge in [0.05, 0.1) is 0 Å². The molecule has 1 aliphatic heterocycles. The van der Waals surface area contributed by atoms with Gasteiger partial charge in [-0.2, -0.15) is 0 Å². The molecular weight excluding hydrogens is 214 g/mol. The predicted molar refractivity (Wildman–Crippen MR) is 66.4 cm³/mol. The number of rotatable bonds is 2. The number of hydrogen-bond acceptors (Lipinski definition) is 2. The molecule has 2 aliphatic rings. The summed E-state index contributed by atoms with van der Waals surface area (Å²) in [5.74, 6) is 0.656. The number of amides is 2. The first-order chi connectivity index (χ1) is 8.27. The van der Waals surface area contributed by atoms with E-state index in [-0.39, 0.29) is 11.8 Å². The highest BCUT2D eigenvalue weighted by molar-refractivity contribution is 6.01. The van der Waals surface area contributed by atoms with E-state index in [4.69, 9.17) is 0 Å². The highest BCUT2D eigenvalue weighted by atomic mass is 16.2. The van der Waals surface area contributed by atoms with Crippen LogP contribution in [-0.4, -0.2) is 23.3 Å². The van der Waals surface area contributed by atoms with Crippen LogP contribution < -0.4 is 0 Å². The Hall–Kier alpha value is -0.860. The first kappa shape index (κ1) is 12.6. The summed E-state index contributed by atoms with van der Waals surface area (Å²) >= 11 is 0. The molecule has 1 saturated heterocycles. The second-order valence-corrected chi connectivity index (χ2v) is 5.46. The van der Waals surface area contributed by atoms with Gasteiger partial charge in [0.15, 0.2) is 0 Å². The molecule has 0 bridgehead atoms. The molecular formula is C14H23NO2. The molecule has 3 heteroatoms. The van der Waals surface area contributed by atoms with Crippen LogP contribution in [-0.2, 0) is 9.59 Å². The monoisotopic (exact) mass is 237 g/mol. The summed E-state index contributed by atoms with van der Waals surface area (Å²) in [6, 6.07) is 0. The zero-order chi connectivity index (χ0) is 12.1. The number of carbonyl (C=O) groups excluding carboxylic acids is 2. The Morgan fingerprint density at radius 3 is 1.82 bits per heavy atom. The smallest absolute Gasteiger partial charge is 0.229 e. The molecule has 1 heterocycles. The number of hydrogen-bond donors (Lipinski definition) is 0. The molecule has 3 nitrogen and oxygen atoms in total. The van der Waals surface area contributed by atoms with Crippen molar-refractivity contribution in [3.05, 3.63) is 0 Å². The van der Waals surface area contributed by atoms with E-state index in [9.17, 15) is 9.59 Å². The van der Waals surface area contributed by atoms with Gasteiger partial charge in [-0.25, -0.2) is 0 Å². The molecule has 0 aromatic carbocycles. The van der Waals surface area contributed by atoms with Crippen LogP contribution in [0.15, 0.2) is 0 Å². The summed E-state index contributed by atoms with van der Waals surface area (Å²) in [6.45, 7) is 0.692. The summed E-state index contributed by atoms with van der Waals surface area (Å²) in [5.41, 5.74) is 0. The lowest BCUT2D eigenvalue weighted by atomic mass is 9.96. The van der Waals surface area contributed by atoms with Gasteiger partial charge in [-0.15, -0.1) is 0 Å². The van der Waals surface area contributed by atoms with E-state index < -0.39 is 0 Å². The van der Waals surface area contributed by atoms with Crippen LogP contribution in [0.2, 0.25) is 0 Å². The van der Waals surface area contributed by atoms with Crippen LogP contribution in [0, 0.1) is 5.92 Å². The van der Waals surface area contributed by atoms with Gasteiger partial charge in [0, 0.05) is 19.4 Å². The maximum atomic E-state index is 11.6. The van der Waals surface area contributed by atoms with Crippen molar-refractivity contribution in [2.24, 2.45) is 5.92 Å². The van der Waals surface area contributed by atoms with Gasteiger partial charge in [-0.1, -0.05) is 38.5 Å². The van der Waals surface area contributed by atoms with Gasteiger partial charge in [-0.05, 0) is 18.8 Å². The molecule has 96 valence electrons. The third-order valence-corrected chi connectivity index (χ3v) is 4.07. The quantitative estimate of drug-likeness (QED) is 0.692. The highest BCUT2D eigenvalue weighted by Gasteiger charge is 2.30. The maximum Gasteiger partial charge on any atom is 0.229 e. The molecule has 0 unspecified atom stereocenters. The fraction of sp³-hybridized carbons (Fsp3) is 0.857. The molecule has 0 atom stereocenters. The molecule has 2 fully saturated rings. The molecule has 0 aromatic rings. The Balaban J connectivity index is 1.86. The van der Waals surface area contributed by atoms with E-state index in [1.807, 2.05) is 0 Å². The van der Waals surface area contributed by atoms with Gasteiger partial charge in [0.2, 0.25) is 11.8 Å². The number of imide groups is 1. The van der Waals surface area contributed by atoms with Gasteiger partial charge >= 0.3 is 0 Å². The van der Waals surface area contributed by atoms with Crippen LogP contribution in [0.5, 0.6) is 0 Å². The normalized spacial score (nSPS) is 24.6. The first-order valence-electron chi connectivity index (χ1n) is 7.10. The van der Waals surface area contributed by atoms with Crippen molar-refractivity contribution < 1.29 is 9.59 Å². The molecule has 0 N–H and O–H groups in total. The van der Waals surface area contributed by atoms with Crippen molar-refractivity contribution in [2.45, 2.75) is 64.2 Å². The van der Waals surface area contributed by atoms with Gasteiger partial charge in [-0.3, -0.25) is 14.5 Å². The van der Waals surface area contributed by atoms with Crippen LogP contribution in [0.1, 0.15) is 64.2 Å². The Labute approximate surface area is 104 Å². The van der Waals surface area contributed by atoms with Crippen molar-refractivity contribution >= 4 is 11.8 Å². The predicted octanol–water partition coefficient (Wildman–Crippen LogP) is 2.89. The zero-order valence-electron chi connectivity index (χ0n) is 10.6. The van der Waals surface area contributed by atoms with Crippen LogP contribution >= 0.6 is 0 Å². The average Bonchev–Trinajstić information content (AvgIpc) is 2.69. The number of carbonyl (C=O) groups is 2. The maximum absolute atomic E-state index is 11.6. The lowest BCUT2D eigenvalue weighted by Gasteiger charge is -2.22. The number of nitrogens with zero attached hydrogens (tertiary/aromatic N) is 1. The second-order valence-electron chi connectivity index (χ2n) is 5.46. The Morgan fingerprint density at radius 2 is 1.29 bits per heavy atom.